The molecule has 0 N–H and O–H groups in total. The molecule has 4 aromatic carbocycles. The molecular weight excluding hydrogens is 352 g/mol. The minimum Gasteiger partial charge on any atom is -0.456 e. The van der Waals surface area contributed by atoms with Crippen LogP contribution in [-0.2, 0) is 0 Å². The van der Waals surface area contributed by atoms with E-state index in [9.17, 15) is 0 Å². The monoisotopic (exact) mass is 374 g/mol. The molecule has 0 radical (unpaired) electrons. The molecule has 0 saturated carbocycles. The van der Waals surface area contributed by atoms with Crippen LogP contribution in [0.15, 0.2) is 88.9 Å². The summed E-state index contributed by atoms with van der Waals surface area (Å²) < 4.78 is 6.53. The predicted octanol–water partition coefficient (Wildman–Crippen LogP) is 8.19. The number of aryl methyl sites for hydroxylation is 1. The van der Waals surface area contributed by atoms with Crippen LogP contribution in [0.25, 0.3) is 43.5 Å². The first-order valence-corrected chi connectivity index (χ1v) is 10.3. The van der Waals surface area contributed by atoms with Crippen LogP contribution in [0.1, 0.15) is 30.4 Å². The van der Waals surface area contributed by atoms with Gasteiger partial charge in [-0.05, 0) is 65.1 Å². The summed E-state index contributed by atoms with van der Waals surface area (Å²) in [5.74, 6) is 0.404. The number of allylic oxidation sites excluding steroid dienone is 4. The summed E-state index contributed by atoms with van der Waals surface area (Å²) in [6.45, 7) is 4.48. The average molecular weight is 374 g/mol. The van der Waals surface area contributed by atoms with E-state index >= 15 is 0 Å². The Labute approximate surface area is 169 Å². The maximum absolute atomic E-state index is 6.53. The highest BCUT2D eigenvalue weighted by atomic mass is 16.3. The fraction of sp³-hybridized carbons (Fsp3) is 0.143. The summed E-state index contributed by atoms with van der Waals surface area (Å²) >= 11 is 0. The lowest BCUT2D eigenvalue weighted by Crippen LogP contribution is -2.05. The summed E-state index contributed by atoms with van der Waals surface area (Å²) in [5.41, 5.74) is 6.11. The highest BCUT2D eigenvalue weighted by molar-refractivity contribution is 6.22. The van der Waals surface area contributed by atoms with Gasteiger partial charge in [0.1, 0.15) is 11.2 Å². The molecule has 1 nitrogen and oxygen atoms in total. The van der Waals surface area contributed by atoms with Crippen LogP contribution < -0.4 is 0 Å². The molecule has 29 heavy (non-hydrogen) atoms. The van der Waals surface area contributed by atoms with Gasteiger partial charge in [0.05, 0.1) is 0 Å². The van der Waals surface area contributed by atoms with Crippen LogP contribution in [0.4, 0.5) is 0 Å². The van der Waals surface area contributed by atoms with Gasteiger partial charge >= 0.3 is 0 Å². The van der Waals surface area contributed by atoms with E-state index in [1.54, 1.807) is 0 Å². The molecule has 1 heterocycles. The van der Waals surface area contributed by atoms with Gasteiger partial charge < -0.3 is 4.42 Å². The van der Waals surface area contributed by atoms with Crippen molar-refractivity contribution >= 4 is 43.5 Å². The van der Waals surface area contributed by atoms with Gasteiger partial charge in [-0.3, -0.25) is 0 Å². The maximum atomic E-state index is 6.53. The summed E-state index contributed by atoms with van der Waals surface area (Å²) in [4.78, 5) is 0. The summed E-state index contributed by atoms with van der Waals surface area (Å²) in [6.07, 6.45) is 7.75. The zero-order chi connectivity index (χ0) is 19.5. The van der Waals surface area contributed by atoms with Crippen molar-refractivity contribution in [2.75, 3.05) is 0 Å². The van der Waals surface area contributed by atoms with Gasteiger partial charge in [0.2, 0.25) is 0 Å². The third kappa shape index (κ3) is 2.34. The van der Waals surface area contributed by atoms with Crippen LogP contribution in [0.3, 0.4) is 0 Å². The second-order valence-corrected chi connectivity index (χ2v) is 8.21. The summed E-state index contributed by atoms with van der Waals surface area (Å²) in [6, 6.07) is 21.8. The molecular formula is C28H22O. The molecule has 5 aromatic rings. The van der Waals surface area contributed by atoms with E-state index in [0.29, 0.717) is 5.92 Å². The van der Waals surface area contributed by atoms with Crippen molar-refractivity contribution in [1.82, 2.24) is 0 Å². The molecule has 1 aromatic heterocycles. The maximum Gasteiger partial charge on any atom is 0.139 e. The van der Waals surface area contributed by atoms with Crippen molar-refractivity contribution in [3.05, 3.63) is 95.6 Å². The first kappa shape index (κ1) is 16.6. The molecule has 0 saturated heterocycles. The van der Waals surface area contributed by atoms with Crippen LogP contribution in [0, 0.1) is 6.92 Å². The van der Waals surface area contributed by atoms with Crippen LogP contribution >= 0.6 is 0 Å². The first-order valence-electron chi connectivity index (χ1n) is 10.3. The molecule has 1 atom stereocenters. The molecule has 140 valence electrons. The fourth-order valence-electron chi connectivity index (χ4n) is 5.11. The molecule has 1 heteroatoms. The second-order valence-electron chi connectivity index (χ2n) is 8.21. The van der Waals surface area contributed by atoms with Crippen molar-refractivity contribution in [2.45, 2.75) is 26.2 Å². The van der Waals surface area contributed by atoms with Crippen molar-refractivity contribution in [3.8, 4) is 0 Å². The minimum atomic E-state index is 0.404. The summed E-state index contributed by atoms with van der Waals surface area (Å²) in [5, 5.41) is 7.57. The number of rotatable bonds is 1. The fourth-order valence-corrected chi connectivity index (χ4v) is 5.11. The Bertz CT molecular complexity index is 1490. The zero-order valence-corrected chi connectivity index (χ0v) is 16.7. The van der Waals surface area contributed by atoms with Crippen LogP contribution in [0.5, 0.6) is 0 Å². The van der Waals surface area contributed by atoms with Gasteiger partial charge in [-0.25, -0.2) is 0 Å². The quantitative estimate of drug-likeness (QED) is 0.288. The first-order chi connectivity index (χ1) is 14.2. The predicted molar refractivity (Wildman–Crippen MR) is 124 cm³/mol. The third-order valence-electron chi connectivity index (χ3n) is 6.55. The van der Waals surface area contributed by atoms with E-state index in [4.69, 9.17) is 4.42 Å². The molecule has 0 fully saturated rings. The highest BCUT2D eigenvalue weighted by Gasteiger charge is 2.24. The van der Waals surface area contributed by atoms with E-state index in [0.717, 1.165) is 17.6 Å². The zero-order valence-electron chi connectivity index (χ0n) is 16.7. The van der Waals surface area contributed by atoms with E-state index in [1.165, 1.54) is 49.0 Å². The molecule has 1 aliphatic carbocycles. The minimum absolute atomic E-state index is 0.404. The molecule has 1 aliphatic rings. The number of hydrogen-bond acceptors (Lipinski definition) is 1. The number of fused-ring (bicyclic) bond motifs is 6. The van der Waals surface area contributed by atoms with E-state index in [2.05, 4.69) is 92.7 Å². The topological polar surface area (TPSA) is 13.1 Å². The Morgan fingerprint density at radius 2 is 1.55 bits per heavy atom. The number of hydrogen-bond donors (Lipinski definition) is 0. The van der Waals surface area contributed by atoms with Crippen LogP contribution in [-0.4, -0.2) is 0 Å². The average Bonchev–Trinajstić information content (AvgIpc) is 3.12. The Kier molecular flexibility index (Phi) is 3.49. The SMILES string of the molecule is CC1=CC=CCC1c1c(C)c2oc3cc4ccccc4cc3c2c2ccccc12. The largest absolute Gasteiger partial charge is 0.456 e. The second kappa shape index (κ2) is 6.09. The lowest BCUT2D eigenvalue weighted by molar-refractivity contribution is 0.664. The van der Waals surface area contributed by atoms with Gasteiger partial charge in [-0.15, -0.1) is 0 Å². The molecule has 0 spiro atoms. The Morgan fingerprint density at radius 1 is 0.828 bits per heavy atom. The smallest absolute Gasteiger partial charge is 0.139 e. The summed E-state index contributed by atoms with van der Waals surface area (Å²) in [7, 11) is 0. The van der Waals surface area contributed by atoms with Crippen LogP contribution in [0.2, 0.25) is 0 Å². The number of furan rings is 1. The Morgan fingerprint density at radius 3 is 2.34 bits per heavy atom. The van der Waals surface area contributed by atoms with Gasteiger partial charge in [0, 0.05) is 16.7 Å². The lowest BCUT2D eigenvalue weighted by Gasteiger charge is -2.23. The van der Waals surface area contributed by atoms with Crippen molar-refractivity contribution in [3.63, 3.8) is 0 Å². The third-order valence-corrected chi connectivity index (χ3v) is 6.55. The molecule has 0 amide bonds. The van der Waals surface area contributed by atoms with Gasteiger partial charge in [-0.1, -0.05) is 72.3 Å². The van der Waals surface area contributed by atoms with Crippen molar-refractivity contribution in [2.24, 2.45) is 0 Å². The van der Waals surface area contributed by atoms with E-state index in [-0.39, 0.29) is 0 Å². The van der Waals surface area contributed by atoms with E-state index < -0.39 is 0 Å². The molecule has 1 unspecified atom stereocenters. The Balaban J connectivity index is 1.80. The van der Waals surface area contributed by atoms with E-state index in [1.807, 2.05) is 0 Å². The lowest BCUT2D eigenvalue weighted by atomic mass is 9.80. The molecule has 6 rings (SSSR count). The van der Waals surface area contributed by atoms with Crippen molar-refractivity contribution < 1.29 is 4.42 Å². The molecule has 0 aliphatic heterocycles. The van der Waals surface area contributed by atoms with Crippen molar-refractivity contribution in [1.29, 1.82) is 0 Å². The Hall–Kier alpha value is -3.32. The number of benzene rings is 4. The normalized spacial score (nSPS) is 16.9. The van der Waals surface area contributed by atoms with Gasteiger partial charge in [0.25, 0.3) is 0 Å². The van der Waals surface area contributed by atoms with Gasteiger partial charge in [-0.2, -0.15) is 0 Å². The molecule has 0 bridgehead atoms. The standard InChI is InChI=1S/C28H22O/c1-17-9-3-6-12-21(17)26-18(2)28-27(23-14-8-7-13-22(23)26)24-15-19-10-4-5-11-20(19)16-25(24)29-28/h3-11,13-16,21H,12H2,1-2H3. The van der Waals surface area contributed by atoms with Gasteiger partial charge in [0.15, 0.2) is 0 Å². The highest BCUT2D eigenvalue weighted by Crippen LogP contribution is 2.45.